The molecule has 1 fully saturated rings. The van der Waals surface area contributed by atoms with Gasteiger partial charge in [-0.05, 0) is 137 Å². The largest absolute Gasteiger partial charge is 0.414 e. The normalized spacial score (nSPS) is 17.3. The number of aromatic amines is 2. The summed E-state index contributed by atoms with van der Waals surface area (Å²) in [5.41, 5.74) is 22.0. The van der Waals surface area contributed by atoms with Gasteiger partial charge in [0.1, 0.15) is 24.1 Å². The van der Waals surface area contributed by atoms with Crippen molar-refractivity contribution < 1.29 is 18.0 Å². The lowest BCUT2D eigenvalue weighted by atomic mass is 10.0. The van der Waals surface area contributed by atoms with E-state index in [2.05, 4.69) is 262 Å². The third-order valence-corrected chi connectivity index (χ3v) is 32.3. The van der Waals surface area contributed by atoms with Crippen molar-refractivity contribution in [2.75, 3.05) is 12.3 Å². The number of nitrogens with zero attached hydrogens (tertiary/aromatic N) is 4. The maximum absolute atomic E-state index is 14.3. The number of aromatic nitrogens is 6. The summed E-state index contributed by atoms with van der Waals surface area (Å²) in [5, 5.41) is -0.327. The van der Waals surface area contributed by atoms with Gasteiger partial charge in [-0.2, -0.15) is 4.98 Å². The first kappa shape index (κ1) is 61.8. The number of fused-ring (bicyclic) bond motifs is 8. The molecule has 0 unspecified atom stereocenters. The maximum atomic E-state index is 14.3. The number of anilines is 1. The SMILES string of the molecule is CC(C)(C)[Si](C)(C)OC[C@H]1O[C@@H](n2cc(C#Cc3ccc(-c4c5nc(c(-c6ccccc6)c6ccc([nH]6)c(-c6ccccc6)c6nc(c(-c7ccccc7)c7ccc4[nH]7)C=C6)C=C5)cc3)c(N)nc2=O)[C@H](O[Si](C)(C)C(C)(C)C)[C@@H]1O[Si](C)(C)C(C)(C)C. The van der Waals surface area contributed by atoms with Gasteiger partial charge < -0.3 is 33.7 Å². The van der Waals surface area contributed by atoms with Crippen molar-refractivity contribution in [3.05, 3.63) is 190 Å². The Kier molecular flexibility index (Phi) is 16.6. The standard InChI is InChI=1S/C73H83N7O5Si3/c1-71(2,3)86(10,11)82-46-61-66(84-87(12,13)72(4,5)6)67(85-88(14,15)73(7,8)9)69(83-61)80-45-52(68(74)79-70(80)81)36-33-47-31-34-51(35-32-47)65-59-43-41-57(77-59)63(49-27-21-17-22-28-49)55-39-37-53(75-55)62(48-25-19-16-20-26-48)54-38-40-56(76-54)64(50-29-23-18-24-30-50)58-42-44-60(65)78-58/h16-32,34-35,37-45,61,66-67,69,75,78H,46H2,1-15H3,(H2,74,79,81)/t61-,66-,67-,69-/m1/s1. The smallest absolute Gasteiger partial charge is 0.351 e. The fraction of sp³-hybridized carbons (Fsp3) is 0.315. The van der Waals surface area contributed by atoms with Crippen molar-refractivity contribution in [2.45, 2.75) is 141 Å². The summed E-state index contributed by atoms with van der Waals surface area (Å²) in [4.78, 5) is 37.4. The molecule has 4 aromatic heterocycles. The summed E-state index contributed by atoms with van der Waals surface area (Å²) in [6.45, 7) is 33.7. The molecule has 11 rings (SSSR count). The summed E-state index contributed by atoms with van der Waals surface area (Å²) in [6, 6.07) is 48.0. The van der Waals surface area contributed by atoms with Gasteiger partial charge in [0.15, 0.2) is 31.2 Å². The Bertz CT molecular complexity index is 4250. The minimum absolute atomic E-state index is 0.0243. The molecule has 0 saturated carbocycles. The van der Waals surface area contributed by atoms with Crippen LogP contribution in [0, 0.1) is 11.8 Å². The first-order chi connectivity index (χ1) is 41.6. The van der Waals surface area contributed by atoms with Gasteiger partial charge in [-0.1, -0.05) is 177 Å². The van der Waals surface area contributed by atoms with Crippen molar-refractivity contribution in [1.29, 1.82) is 0 Å². The molecule has 0 spiro atoms. The molecule has 4 aromatic carbocycles. The number of hydrogen-bond donors (Lipinski definition) is 3. The molecular weight excluding hydrogens is 1140 g/mol. The first-order valence-electron chi connectivity index (χ1n) is 30.6. The Morgan fingerprint density at radius 3 is 1.26 bits per heavy atom. The minimum Gasteiger partial charge on any atom is -0.414 e. The number of hydrogen-bond acceptors (Lipinski definition) is 9. The van der Waals surface area contributed by atoms with Gasteiger partial charge in [-0.3, -0.25) is 4.57 Å². The quantitative estimate of drug-likeness (QED) is 0.0801. The van der Waals surface area contributed by atoms with Crippen LogP contribution in [0.5, 0.6) is 0 Å². The molecule has 4 atom stereocenters. The third kappa shape index (κ3) is 12.4. The van der Waals surface area contributed by atoms with Gasteiger partial charge in [0.2, 0.25) is 0 Å². The highest BCUT2D eigenvalue weighted by Crippen LogP contribution is 2.47. The van der Waals surface area contributed by atoms with Crippen LogP contribution in [0.1, 0.15) is 102 Å². The summed E-state index contributed by atoms with van der Waals surface area (Å²) in [6.07, 6.45) is 7.46. The van der Waals surface area contributed by atoms with Crippen LogP contribution in [0.25, 0.3) is 90.9 Å². The van der Waals surface area contributed by atoms with E-state index in [0.29, 0.717) is 5.56 Å². The van der Waals surface area contributed by atoms with Gasteiger partial charge in [0.05, 0.1) is 34.9 Å². The molecule has 8 aromatic rings. The van der Waals surface area contributed by atoms with Crippen molar-refractivity contribution in [1.82, 2.24) is 29.5 Å². The molecule has 88 heavy (non-hydrogen) atoms. The van der Waals surface area contributed by atoms with E-state index in [0.717, 1.165) is 94.9 Å². The summed E-state index contributed by atoms with van der Waals surface area (Å²) in [7, 11) is -7.25. The van der Waals surface area contributed by atoms with E-state index in [-0.39, 0.29) is 27.5 Å². The second kappa shape index (κ2) is 23.6. The average molecular weight is 1220 g/mol. The van der Waals surface area contributed by atoms with E-state index in [1.54, 1.807) is 6.20 Å². The summed E-state index contributed by atoms with van der Waals surface area (Å²) >= 11 is 0. The number of nitrogen functional groups attached to an aromatic ring is 1. The molecule has 4 N–H and O–H groups in total. The molecule has 0 radical (unpaired) electrons. The van der Waals surface area contributed by atoms with Crippen molar-refractivity contribution in [3.8, 4) is 56.3 Å². The summed E-state index contributed by atoms with van der Waals surface area (Å²) in [5.74, 6) is 6.69. The molecule has 7 heterocycles. The zero-order valence-corrected chi connectivity index (χ0v) is 56.6. The van der Waals surface area contributed by atoms with Crippen molar-refractivity contribution in [2.24, 2.45) is 0 Å². The first-order valence-corrected chi connectivity index (χ1v) is 39.3. The molecule has 3 aliphatic heterocycles. The highest BCUT2D eigenvalue weighted by molar-refractivity contribution is 6.75. The number of nitrogens with two attached hydrogens (primary N) is 1. The average Bonchev–Trinajstić information content (AvgIpc) is 1.92. The predicted octanol–water partition coefficient (Wildman–Crippen LogP) is 17.6. The predicted molar refractivity (Wildman–Crippen MR) is 371 cm³/mol. The lowest BCUT2D eigenvalue weighted by Crippen LogP contribution is -2.54. The maximum Gasteiger partial charge on any atom is 0.351 e. The van der Waals surface area contributed by atoms with Gasteiger partial charge >= 0.3 is 5.69 Å². The number of H-pyrrole nitrogens is 2. The number of rotatable bonds is 12. The highest BCUT2D eigenvalue weighted by Gasteiger charge is 2.55. The zero-order valence-electron chi connectivity index (χ0n) is 53.6. The summed E-state index contributed by atoms with van der Waals surface area (Å²) < 4.78 is 30.3. The Hall–Kier alpha value is -7.79. The van der Waals surface area contributed by atoms with E-state index < -0.39 is 55.2 Å². The molecule has 0 aliphatic carbocycles. The van der Waals surface area contributed by atoms with Crippen LogP contribution in [-0.4, -0.2) is 79.4 Å². The van der Waals surface area contributed by atoms with E-state index in [1.807, 2.05) is 30.3 Å². The van der Waals surface area contributed by atoms with Crippen LogP contribution in [-0.2, 0) is 18.0 Å². The Morgan fingerprint density at radius 2 is 0.875 bits per heavy atom. The van der Waals surface area contributed by atoms with Gasteiger partial charge in [-0.25, -0.2) is 14.8 Å². The van der Waals surface area contributed by atoms with Crippen LogP contribution < -0.4 is 11.4 Å². The van der Waals surface area contributed by atoms with E-state index in [9.17, 15) is 4.79 Å². The Balaban J connectivity index is 1.03. The third-order valence-electron chi connectivity index (χ3n) is 18.9. The lowest BCUT2D eigenvalue weighted by Gasteiger charge is -2.44. The fourth-order valence-corrected chi connectivity index (χ4v) is 14.3. The monoisotopic (exact) mass is 1220 g/mol. The van der Waals surface area contributed by atoms with Crippen LogP contribution in [0.4, 0.5) is 5.82 Å². The van der Waals surface area contributed by atoms with Crippen molar-refractivity contribution in [3.63, 3.8) is 0 Å². The zero-order chi connectivity index (χ0) is 62.7. The van der Waals surface area contributed by atoms with Gasteiger partial charge in [0, 0.05) is 56.1 Å². The van der Waals surface area contributed by atoms with E-state index >= 15 is 0 Å². The van der Waals surface area contributed by atoms with Crippen molar-refractivity contribution >= 4 is 77.1 Å². The second-order valence-electron chi connectivity index (χ2n) is 28.0. The Morgan fingerprint density at radius 1 is 0.500 bits per heavy atom. The van der Waals surface area contributed by atoms with E-state index in [4.69, 9.17) is 33.7 Å². The van der Waals surface area contributed by atoms with E-state index in [1.165, 1.54) is 4.57 Å². The highest BCUT2D eigenvalue weighted by atomic mass is 28.4. The fourth-order valence-electron chi connectivity index (χ4n) is 10.7. The molecular formula is C73H83N7O5Si3. The van der Waals surface area contributed by atoms with Crippen LogP contribution in [0.15, 0.2) is 151 Å². The molecule has 15 heteroatoms. The topological polar surface area (TPSA) is 155 Å². The number of benzene rings is 4. The molecule has 1 saturated heterocycles. The van der Waals surface area contributed by atoms with Crippen LogP contribution in [0.2, 0.25) is 54.4 Å². The number of ether oxygens (including phenoxy) is 1. The van der Waals surface area contributed by atoms with Gasteiger partial charge in [-0.15, -0.1) is 0 Å². The molecule has 3 aliphatic rings. The van der Waals surface area contributed by atoms with Gasteiger partial charge in [0.25, 0.3) is 0 Å². The Labute approximate surface area is 521 Å². The molecule has 452 valence electrons. The molecule has 8 bridgehead atoms. The molecule has 12 nitrogen and oxygen atoms in total. The second-order valence-corrected chi connectivity index (χ2v) is 42.3. The minimum atomic E-state index is -2.54. The van der Waals surface area contributed by atoms with Crippen LogP contribution >= 0.6 is 0 Å². The number of nitrogens with one attached hydrogen (secondary N) is 2. The molecule has 0 amide bonds. The van der Waals surface area contributed by atoms with Crippen LogP contribution in [0.3, 0.4) is 0 Å². The lowest BCUT2D eigenvalue weighted by molar-refractivity contribution is -0.0509.